The highest BCUT2D eigenvalue weighted by Gasteiger charge is 2.20. The average molecular weight is 428 g/mol. The van der Waals surface area contributed by atoms with E-state index in [-0.39, 0.29) is 11.4 Å². The number of rotatable bonds is 0. The van der Waals surface area contributed by atoms with Gasteiger partial charge >= 0.3 is 0 Å². The first-order valence-electron chi connectivity index (χ1n) is 9.36. The summed E-state index contributed by atoms with van der Waals surface area (Å²) in [4.78, 5) is 33.8. The minimum absolute atomic E-state index is 0.131. The van der Waals surface area contributed by atoms with Gasteiger partial charge in [0.15, 0.2) is 5.69 Å². The minimum atomic E-state index is -0.425. The lowest BCUT2D eigenvalue weighted by Gasteiger charge is -2.08. The first-order chi connectivity index (χ1) is 14.6. The first kappa shape index (κ1) is 20.0. The number of hydrogen-bond acceptors (Lipinski definition) is 8. The fraction of sp³-hybridized carbons (Fsp3) is 0.316. The summed E-state index contributed by atoms with van der Waals surface area (Å²) in [5.74, 6) is -0.331. The fourth-order valence-electron chi connectivity index (χ4n) is 2.83. The molecule has 30 heavy (non-hydrogen) atoms. The SMILES string of the molecule is Cn1cc2c(n1)C(=O)NCCOCCCOc1cc(ccn1)-c1nc(cs1)C(=O)N2. The van der Waals surface area contributed by atoms with Crippen molar-refractivity contribution in [2.75, 3.05) is 31.7 Å². The van der Waals surface area contributed by atoms with Crippen molar-refractivity contribution in [2.24, 2.45) is 7.05 Å². The number of aromatic nitrogens is 4. The highest BCUT2D eigenvalue weighted by molar-refractivity contribution is 7.13. The summed E-state index contributed by atoms with van der Waals surface area (Å²) in [6.45, 7) is 1.62. The summed E-state index contributed by atoms with van der Waals surface area (Å²) in [6, 6.07) is 3.60. The third-order valence-electron chi connectivity index (χ3n) is 4.23. The van der Waals surface area contributed by atoms with E-state index < -0.39 is 11.8 Å². The molecule has 10 nitrogen and oxygen atoms in total. The Kier molecular flexibility index (Phi) is 6.00. The summed E-state index contributed by atoms with van der Waals surface area (Å²) in [7, 11) is 1.68. The van der Waals surface area contributed by atoms with Gasteiger partial charge in [0.25, 0.3) is 11.8 Å². The number of carbonyl (C=O) groups excluding carboxylic acids is 2. The van der Waals surface area contributed by atoms with E-state index in [4.69, 9.17) is 9.47 Å². The second-order valence-electron chi connectivity index (χ2n) is 6.51. The van der Waals surface area contributed by atoms with Crippen LogP contribution in [0.2, 0.25) is 0 Å². The molecule has 0 unspecified atom stereocenters. The van der Waals surface area contributed by atoms with Crippen LogP contribution in [0.1, 0.15) is 27.4 Å². The van der Waals surface area contributed by atoms with Crippen LogP contribution in [0, 0.1) is 0 Å². The number of ether oxygens (including phenoxy) is 2. The molecule has 11 heteroatoms. The van der Waals surface area contributed by atoms with Crippen molar-refractivity contribution in [3.63, 3.8) is 0 Å². The second-order valence-corrected chi connectivity index (χ2v) is 7.37. The molecule has 0 radical (unpaired) electrons. The lowest BCUT2D eigenvalue weighted by molar-refractivity contribution is 0.0897. The summed E-state index contributed by atoms with van der Waals surface area (Å²) >= 11 is 1.34. The van der Waals surface area contributed by atoms with Crippen LogP contribution in [-0.2, 0) is 11.8 Å². The Morgan fingerprint density at radius 2 is 2.10 bits per heavy atom. The number of carbonyl (C=O) groups is 2. The van der Waals surface area contributed by atoms with E-state index in [1.807, 2.05) is 6.07 Å². The Bertz CT molecular complexity index is 1060. The van der Waals surface area contributed by atoms with Crippen LogP contribution in [0.5, 0.6) is 5.88 Å². The summed E-state index contributed by atoms with van der Waals surface area (Å²) in [6.07, 6.45) is 3.90. The number of nitrogens with zero attached hydrogens (tertiary/aromatic N) is 4. The maximum atomic E-state index is 12.7. The molecule has 0 spiro atoms. The van der Waals surface area contributed by atoms with E-state index >= 15 is 0 Å². The molecule has 4 rings (SSSR count). The molecular formula is C19H20N6O4S. The van der Waals surface area contributed by atoms with E-state index in [9.17, 15) is 9.59 Å². The zero-order valence-corrected chi connectivity index (χ0v) is 17.1. The van der Waals surface area contributed by atoms with Gasteiger partial charge in [0.1, 0.15) is 10.7 Å². The molecule has 4 heterocycles. The number of aryl methyl sites for hydroxylation is 1. The van der Waals surface area contributed by atoms with E-state index in [1.54, 1.807) is 30.9 Å². The molecule has 2 amide bonds. The van der Waals surface area contributed by atoms with E-state index in [1.165, 1.54) is 16.0 Å². The highest BCUT2D eigenvalue weighted by atomic mass is 32.1. The van der Waals surface area contributed by atoms with Crippen molar-refractivity contribution in [2.45, 2.75) is 6.42 Å². The Labute approximate surface area is 176 Å². The summed E-state index contributed by atoms with van der Waals surface area (Å²) in [5.41, 5.74) is 1.50. The third-order valence-corrected chi connectivity index (χ3v) is 5.12. The third kappa shape index (κ3) is 4.63. The number of anilines is 1. The Morgan fingerprint density at radius 1 is 1.20 bits per heavy atom. The lowest BCUT2D eigenvalue weighted by atomic mass is 10.3. The van der Waals surface area contributed by atoms with Crippen LogP contribution in [0.4, 0.5) is 5.69 Å². The zero-order valence-electron chi connectivity index (χ0n) is 16.3. The van der Waals surface area contributed by atoms with Gasteiger partial charge in [-0.1, -0.05) is 0 Å². The number of amides is 2. The molecule has 1 aliphatic rings. The van der Waals surface area contributed by atoms with Crippen LogP contribution in [0.25, 0.3) is 10.6 Å². The quantitative estimate of drug-likeness (QED) is 0.559. The van der Waals surface area contributed by atoms with Crippen molar-refractivity contribution in [3.05, 3.63) is 41.3 Å². The van der Waals surface area contributed by atoms with E-state index in [2.05, 4.69) is 25.7 Å². The number of pyridine rings is 1. The van der Waals surface area contributed by atoms with Gasteiger partial charge in [-0.2, -0.15) is 5.10 Å². The molecule has 0 aromatic carbocycles. The molecule has 0 saturated heterocycles. The van der Waals surface area contributed by atoms with Gasteiger partial charge in [-0.15, -0.1) is 11.3 Å². The summed E-state index contributed by atoms with van der Waals surface area (Å²) < 4.78 is 12.7. The largest absolute Gasteiger partial charge is 0.478 e. The molecular weight excluding hydrogens is 408 g/mol. The second kappa shape index (κ2) is 9.01. The van der Waals surface area contributed by atoms with Gasteiger partial charge in [0, 0.05) is 56.0 Å². The molecule has 0 fully saturated rings. The monoisotopic (exact) mass is 428 g/mol. The number of hydrogen-bond donors (Lipinski definition) is 2. The molecule has 0 aliphatic carbocycles. The van der Waals surface area contributed by atoms with Crippen LogP contribution < -0.4 is 15.4 Å². The van der Waals surface area contributed by atoms with Crippen molar-refractivity contribution in [1.82, 2.24) is 25.1 Å². The van der Waals surface area contributed by atoms with E-state index in [0.717, 1.165) is 5.56 Å². The van der Waals surface area contributed by atoms with Crippen LogP contribution in [0.3, 0.4) is 0 Å². The van der Waals surface area contributed by atoms with Gasteiger partial charge in [-0.3, -0.25) is 14.3 Å². The topological polar surface area (TPSA) is 120 Å². The maximum absolute atomic E-state index is 12.7. The molecule has 2 N–H and O–H groups in total. The molecule has 1 aliphatic heterocycles. The van der Waals surface area contributed by atoms with Crippen molar-refractivity contribution in [1.29, 1.82) is 0 Å². The zero-order chi connectivity index (χ0) is 20.9. The average Bonchev–Trinajstić information content (AvgIpc) is 3.36. The molecule has 3 aromatic rings. The van der Waals surface area contributed by atoms with Crippen LogP contribution in [-0.4, -0.2) is 57.9 Å². The molecule has 3 aromatic heterocycles. The standard InChI is InChI=1S/C19H20N6O4S/c1-25-10-13-16(24-25)18(27)21-5-8-28-6-2-7-29-15-9-12(3-4-20-15)19-23-14(11-30-19)17(26)22-13/h3-4,9-11H,2,5-8H2,1H3,(H,21,27)(H,22,26). The van der Waals surface area contributed by atoms with Crippen molar-refractivity contribution in [3.8, 4) is 16.5 Å². The normalized spacial score (nSPS) is 15.6. The predicted molar refractivity (Wildman–Crippen MR) is 110 cm³/mol. The molecule has 0 atom stereocenters. The molecule has 156 valence electrons. The first-order valence-corrected chi connectivity index (χ1v) is 10.2. The smallest absolute Gasteiger partial charge is 0.275 e. The number of thiazole rings is 1. The number of fused-ring (bicyclic) bond motifs is 6. The Morgan fingerprint density at radius 3 is 3.00 bits per heavy atom. The lowest BCUT2D eigenvalue weighted by Crippen LogP contribution is -2.29. The minimum Gasteiger partial charge on any atom is -0.478 e. The van der Waals surface area contributed by atoms with Gasteiger partial charge in [0.2, 0.25) is 5.88 Å². The van der Waals surface area contributed by atoms with Gasteiger partial charge in [-0.25, -0.2) is 9.97 Å². The maximum Gasteiger partial charge on any atom is 0.275 e. The van der Waals surface area contributed by atoms with Gasteiger partial charge < -0.3 is 20.1 Å². The highest BCUT2D eigenvalue weighted by Crippen LogP contribution is 2.26. The van der Waals surface area contributed by atoms with Crippen molar-refractivity contribution >= 4 is 28.8 Å². The van der Waals surface area contributed by atoms with Crippen molar-refractivity contribution < 1.29 is 19.1 Å². The number of nitrogens with one attached hydrogen (secondary N) is 2. The predicted octanol–water partition coefficient (Wildman–Crippen LogP) is 1.72. The Hall–Kier alpha value is -3.31. The van der Waals surface area contributed by atoms with Crippen LogP contribution >= 0.6 is 11.3 Å². The van der Waals surface area contributed by atoms with Gasteiger partial charge in [-0.05, 0) is 6.07 Å². The van der Waals surface area contributed by atoms with E-state index in [0.29, 0.717) is 49.4 Å². The van der Waals surface area contributed by atoms with Crippen LogP contribution in [0.15, 0.2) is 29.9 Å². The molecule has 0 saturated carbocycles. The fourth-order valence-corrected chi connectivity index (χ4v) is 3.62. The Balaban J connectivity index is 1.61. The molecule has 4 bridgehead atoms. The van der Waals surface area contributed by atoms with Gasteiger partial charge in [0.05, 0.1) is 18.9 Å². The summed E-state index contributed by atoms with van der Waals surface area (Å²) in [5, 5.41) is 11.9.